The predicted octanol–water partition coefficient (Wildman–Crippen LogP) is 3.30. The van der Waals surface area contributed by atoms with Gasteiger partial charge in [0.2, 0.25) is 0 Å². The topological polar surface area (TPSA) is 30.5 Å². The maximum Gasteiger partial charge on any atom is 0.162 e. The average molecular weight is 247 g/mol. The highest BCUT2D eigenvalue weighted by atomic mass is 16.5. The van der Waals surface area contributed by atoms with E-state index in [9.17, 15) is 0 Å². The Hall–Kier alpha value is -1.38. The highest BCUT2D eigenvalue weighted by Gasteiger charge is 2.41. The van der Waals surface area contributed by atoms with Crippen molar-refractivity contribution in [1.82, 2.24) is 0 Å². The van der Waals surface area contributed by atoms with Gasteiger partial charge in [0.1, 0.15) is 0 Å². The Morgan fingerprint density at radius 2 is 1.61 bits per heavy atom. The summed E-state index contributed by atoms with van der Waals surface area (Å²) in [5.74, 6) is 3.38. The fourth-order valence-electron chi connectivity index (χ4n) is 2.65. The van der Waals surface area contributed by atoms with Crippen molar-refractivity contribution in [2.75, 3.05) is 19.5 Å². The first-order chi connectivity index (χ1) is 8.81. The molecule has 18 heavy (non-hydrogen) atoms. The molecule has 0 atom stereocenters. The van der Waals surface area contributed by atoms with Crippen LogP contribution in [0, 0.1) is 11.8 Å². The second-order valence-electron chi connectivity index (χ2n) is 5.41. The summed E-state index contributed by atoms with van der Waals surface area (Å²) in [7, 11) is 3.35. The molecule has 3 rings (SSSR count). The molecule has 0 radical (unpaired) electrons. The number of benzene rings is 1. The van der Waals surface area contributed by atoms with Crippen LogP contribution in [0.3, 0.4) is 0 Å². The minimum Gasteiger partial charge on any atom is -0.493 e. The molecule has 0 spiro atoms. The van der Waals surface area contributed by atoms with Gasteiger partial charge in [-0.1, -0.05) is 0 Å². The highest BCUT2D eigenvalue weighted by molar-refractivity contribution is 5.55. The maximum atomic E-state index is 5.35. The third-order valence-electron chi connectivity index (χ3n) is 3.98. The fourth-order valence-corrected chi connectivity index (χ4v) is 2.65. The molecule has 0 amide bonds. The Labute approximate surface area is 108 Å². The van der Waals surface area contributed by atoms with E-state index in [2.05, 4.69) is 11.4 Å². The SMILES string of the molecule is COc1ccc(NC(C2CC2)C2CC2)cc1OC. The van der Waals surface area contributed by atoms with Gasteiger partial charge in [-0.25, -0.2) is 0 Å². The Morgan fingerprint density at radius 3 is 2.11 bits per heavy atom. The summed E-state index contributed by atoms with van der Waals surface area (Å²) < 4.78 is 10.6. The predicted molar refractivity (Wildman–Crippen MR) is 72.4 cm³/mol. The molecule has 0 saturated heterocycles. The van der Waals surface area contributed by atoms with Crippen LogP contribution in [-0.2, 0) is 0 Å². The summed E-state index contributed by atoms with van der Waals surface area (Å²) in [6.07, 6.45) is 5.56. The van der Waals surface area contributed by atoms with Crippen molar-refractivity contribution in [2.24, 2.45) is 11.8 Å². The van der Waals surface area contributed by atoms with Crippen molar-refractivity contribution >= 4 is 5.69 Å². The summed E-state index contributed by atoms with van der Waals surface area (Å²) in [5.41, 5.74) is 1.15. The van der Waals surface area contributed by atoms with E-state index in [1.165, 1.54) is 25.7 Å². The third-order valence-corrected chi connectivity index (χ3v) is 3.98. The van der Waals surface area contributed by atoms with Crippen molar-refractivity contribution in [2.45, 2.75) is 31.7 Å². The van der Waals surface area contributed by atoms with Gasteiger partial charge in [0.25, 0.3) is 0 Å². The highest BCUT2D eigenvalue weighted by Crippen LogP contribution is 2.46. The molecule has 98 valence electrons. The van der Waals surface area contributed by atoms with Crippen molar-refractivity contribution in [3.05, 3.63) is 18.2 Å². The van der Waals surface area contributed by atoms with Gasteiger partial charge in [-0.3, -0.25) is 0 Å². The van der Waals surface area contributed by atoms with E-state index in [-0.39, 0.29) is 0 Å². The van der Waals surface area contributed by atoms with Gasteiger partial charge in [-0.2, -0.15) is 0 Å². The summed E-state index contributed by atoms with van der Waals surface area (Å²) in [6.45, 7) is 0. The molecule has 0 unspecified atom stereocenters. The minimum atomic E-state index is 0.670. The zero-order valence-electron chi connectivity index (χ0n) is 11.1. The van der Waals surface area contributed by atoms with Gasteiger partial charge in [-0.15, -0.1) is 0 Å². The second-order valence-corrected chi connectivity index (χ2v) is 5.41. The van der Waals surface area contributed by atoms with Crippen LogP contribution in [0.1, 0.15) is 25.7 Å². The molecule has 1 aromatic carbocycles. The van der Waals surface area contributed by atoms with Gasteiger partial charge < -0.3 is 14.8 Å². The molecule has 0 aliphatic heterocycles. The van der Waals surface area contributed by atoms with Gasteiger partial charge in [0.05, 0.1) is 14.2 Å². The van der Waals surface area contributed by atoms with E-state index >= 15 is 0 Å². The van der Waals surface area contributed by atoms with E-state index in [4.69, 9.17) is 9.47 Å². The lowest BCUT2D eigenvalue weighted by molar-refractivity contribution is 0.355. The molecule has 1 aromatic rings. The minimum absolute atomic E-state index is 0.670. The first-order valence-electron chi connectivity index (χ1n) is 6.80. The van der Waals surface area contributed by atoms with Gasteiger partial charge in [0, 0.05) is 17.8 Å². The van der Waals surface area contributed by atoms with E-state index in [0.29, 0.717) is 6.04 Å². The van der Waals surface area contributed by atoms with Crippen LogP contribution in [0.2, 0.25) is 0 Å². The summed E-state index contributed by atoms with van der Waals surface area (Å²) in [6, 6.07) is 6.76. The number of nitrogens with one attached hydrogen (secondary N) is 1. The number of ether oxygens (including phenoxy) is 2. The normalized spacial score (nSPS) is 18.8. The standard InChI is InChI=1S/C15H21NO2/c1-17-13-8-7-12(9-14(13)18-2)16-15(10-3-4-10)11-5-6-11/h7-11,15-16H,3-6H2,1-2H3. The van der Waals surface area contributed by atoms with Crippen LogP contribution >= 0.6 is 0 Å². The maximum absolute atomic E-state index is 5.35. The molecule has 0 bridgehead atoms. The van der Waals surface area contributed by atoms with Gasteiger partial charge in [-0.05, 0) is 49.7 Å². The Kier molecular flexibility index (Phi) is 3.06. The van der Waals surface area contributed by atoms with E-state index in [0.717, 1.165) is 29.0 Å². The van der Waals surface area contributed by atoms with Crippen molar-refractivity contribution in [3.63, 3.8) is 0 Å². The molecule has 3 nitrogen and oxygen atoms in total. The van der Waals surface area contributed by atoms with Crippen molar-refractivity contribution in [1.29, 1.82) is 0 Å². The number of methoxy groups -OCH3 is 2. The van der Waals surface area contributed by atoms with E-state index < -0.39 is 0 Å². The monoisotopic (exact) mass is 247 g/mol. The smallest absolute Gasteiger partial charge is 0.162 e. The zero-order chi connectivity index (χ0) is 12.5. The lowest BCUT2D eigenvalue weighted by atomic mass is 10.1. The molecule has 2 aliphatic carbocycles. The van der Waals surface area contributed by atoms with Crippen LogP contribution in [0.15, 0.2) is 18.2 Å². The number of hydrogen-bond donors (Lipinski definition) is 1. The Bertz CT molecular complexity index is 413. The van der Waals surface area contributed by atoms with Crippen LogP contribution < -0.4 is 14.8 Å². The first kappa shape index (κ1) is 11.7. The third kappa shape index (κ3) is 2.40. The summed E-state index contributed by atoms with van der Waals surface area (Å²) in [5, 5.41) is 3.69. The number of hydrogen-bond acceptors (Lipinski definition) is 3. The average Bonchev–Trinajstić information content (AvgIpc) is 3.29. The summed E-state index contributed by atoms with van der Waals surface area (Å²) in [4.78, 5) is 0. The Balaban J connectivity index is 1.74. The number of rotatable bonds is 6. The molecule has 1 N–H and O–H groups in total. The Morgan fingerprint density at radius 1 is 1.00 bits per heavy atom. The molecule has 0 aromatic heterocycles. The molecule has 2 aliphatic rings. The van der Waals surface area contributed by atoms with Crippen LogP contribution in [0.4, 0.5) is 5.69 Å². The molecule has 0 heterocycles. The second kappa shape index (κ2) is 4.71. The van der Waals surface area contributed by atoms with Gasteiger partial charge in [0.15, 0.2) is 11.5 Å². The molecular formula is C15H21NO2. The quantitative estimate of drug-likeness (QED) is 0.836. The summed E-state index contributed by atoms with van der Waals surface area (Å²) >= 11 is 0. The van der Waals surface area contributed by atoms with E-state index in [1.807, 2.05) is 12.1 Å². The molecule has 2 fully saturated rings. The van der Waals surface area contributed by atoms with E-state index in [1.54, 1.807) is 14.2 Å². The van der Waals surface area contributed by atoms with Crippen molar-refractivity contribution in [3.8, 4) is 11.5 Å². The van der Waals surface area contributed by atoms with Gasteiger partial charge >= 0.3 is 0 Å². The zero-order valence-corrected chi connectivity index (χ0v) is 11.1. The van der Waals surface area contributed by atoms with Crippen LogP contribution in [-0.4, -0.2) is 20.3 Å². The van der Waals surface area contributed by atoms with Crippen LogP contribution in [0.25, 0.3) is 0 Å². The lowest BCUT2D eigenvalue weighted by Gasteiger charge is -2.20. The van der Waals surface area contributed by atoms with Crippen LogP contribution in [0.5, 0.6) is 11.5 Å². The molecule has 2 saturated carbocycles. The molecular weight excluding hydrogens is 226 g/mol. The lowest BCUT2D eigenvalue weighted by Crippen LogP contribution is -2.24. The fraction of sp³-hybridized carbons (Fsp3) is 0.600. The first-order valence-corrected chi connectivity index (χ1v) is 6.80. The number of anilines is 1. The molecule has 3 heteroatoms. The largest absolute Gasteiger partial charge is 0.493 e. The van der Waals surface area contributed by atoms with Crippen molar-refractivity contribution < 1.29 is 9.47 Å².